The van der Waals surface area contributed by atoms with Crippen molar-refractivity contribution < 1.29 is 156 Å². The third-order valence-electron chi connectivity index (χ3n) is 8.10. The maximum Gasteiger partial charge on any atom is 1.00 e. The molecule has 24 nitrogen and oxygen atoms in total. The van der Waals surface area contributed by atoms with Crippen LogP contribution in [0.25, 0.3) is 16.7 Å². The van der Waals surface area contributed by atoms with Crippen LogP contribution in [0.3, 0.4) is 0 Å². The molecule has 0 aliphatic carbocycles. The molecule has 7 rings (SSSR count). The minimum absolute atomic E-state index is 0. The number of phenols is 1. The summed E-state index contributed by atoms with van der Waals surface area (Å²) in [5, 5.41) is 42.0. The molecule has 0 radical (unpaired) electrons. The van der Waals surface area contributed by atoms with Crippen LogP contribution in [0.2, 0.25) is 10.6 Å². The molecule has 6 N–H and O–H groups in total. The number of rotatable bonds is 15. The summed E-state index contributed by atoms with van der Waals surface area (Å²) in [6, 6.07) is 17.0. The first-order valence-electron chi connectivity index (χ1n) is 16.9. The first kappa shape index (κ1) is 60.6. The fraction of sp³-hybridized carbons (Fsp3) is 0.0286. The van der Waals surface area contributed by atoms with Gasteiger partial charge in [0.05, 0.1) is 44.7 Å². The number of aromatic nitrogens is 7. The van der Waals surface area contributed by atoms with Crippen LogP contribution in [0.15, 0.2) is 116 Å². The molecular weight excluding hydrogens is 1050 g/mol. The summed E-state index contributed by atoms with van der Waals surface area (Å²) < 4.78 is 77.1. The fourth-order valence-corrected chi connectivity index (χ4v) is 7.38. The van der Waals surface area contributed by atoms with E-state index in [1.165, 1.54) is 59.3 Å². The van der Waals surface area contributed by atoms with Crippen molar-refractivity contribution in [3.63, 3.8) is 0 Å². The zero-order chi connectivity index (χ0) is 45.1. The topological polar surface area (TPSA) is 361 Å². The Kier molecular flexibility index (Phi) is 23.3. The van der Waals surface area contributed by atoms with Crippen molar-refractivity contribution in [3.8, 4) is 11.7 Å². The van der Waals surface area contributed by atoms with Gasteiger partial charge in [-0.15, -0.1) is 10.2 Å². The van der Waals surface area contributed by atoms with Crippen LogP contribution in [0.5, 0.6) is 5.75 Å². The van der Waals surface area contributed by atoms with E-state index in [2.05, 4.69) is 65.5 Å². The van der Waals surface area contributed by atoms with Crippen LogP contribution in [0, 0.1) is 0 Å². The molecule has 1 amide bonds. The average Bonchev–Trinajstić information content (AvgIpc) is 3.21. The number of amides is 1. The number of anilines is 6. The van der Waals surface area contributed by atoms with Crippen LogP contribution in [0.4, 0.5) is 46.3 Å². The zero-order valence-corrected chi connectivity index (χ0v) is 44.9. The number of pyridine rings is 1. The van der Waals surface area contributed by atoms with Crippen molar-refractivity contribution in [2.45, 2.75) is 22.1 Å². The Balaban J connectivity index is 0.00000317. The number of nitrogens with one attached hydrogen (secondary N) is 3. The molecule has 0 spiro atoms. The molecule has 0 bridgehead atoms. The molecule has 0 atom stereocenters. The number of aromatic hydroxyl groups is 1. The summed E-state index contributed by atoms with van der Waals surface area (Å²) in [5.74, 6) is -1.63. The number of benzene rings is 4. The molecule has 0 unspecified atom stereocenters. The Bertz CT molecular complexity index is 3230. The zero-order valence-electron chi connectivity index (χ0n) is 34.2. The van der Waals surface area contributed by atoms with E-state index in [1.54, 1.807) is 12.3 Å². The molecule has 68 heavy (non-hydrogen) atoms. The molecule has 3 heterocycles. The van der Waals surface area contributed by atoms with E-state index in [1.807, 2.05) is 0 Å². The van der Waals surface area contributed by atoms with Crippen LogP contribution >= 0.6 is 35.2 Å². The Morgan fingerprint density at radius 1 is 0.765 bits per heavy atom. The van der Waals surface area contributed by atoms with Gasteiger partial charge in [0.1, 0.15) is 31.6 Å². The molecule has 0 saturated carbocycles. The number of carbonyl (C=O) groups excluding carboxylic acids is 1. The molecule has 3 aromatic heterocycles. The maximum absolute atomic E-state index is 12.3. The molecule has 7 aromatic rings. The number of nitrogens with zero attached hydrogens (tertiary/aromatic N) is 9. The smallest absolute Gasteiger partial charge is 1.00 e. The molecule has 0 aliphatic rings. The summed E-state index contributed by atoms with van der Waals surface area (Å²) in [6.07, 6.45) is 2.95. The molecule has 0 fully saturated rings. The summed E-state index contributed by atoms with van der Waals surface area (Å²) in [4.78, 5) is 34.8. The van der Waals surface area contributed by atoms with Gasteiger partial charge >= 0.3 is 106 Å². The SMILES string of the molecule is C.NC(=O)c1ccc[n+](-c2nc(Cl)nc(Nc3ccc4c(O)c(N=Nc5cc(Nc6nc(Cl)nc(Nc7cccc(S(=O)(=O)[O-])c7)n6)ccc5S(=O)(=O)[O-])c(SOO[O-])cc4c3)n2)c1.[Cl-].[Na+].[Na+].[Na+]. The predicted octanol–water partition coefficient (Wildman–Crippen LogP) is -7.07. The van der Waals surface area contributed by atoms with Gasteiger partial charge in [-0.2, -0.15) is 24.3 Å². The standard InChI is InChI=1S/C34H23Cl2N13O11S3.CH4.ClH.3Na/c35-29-41-31(38-18-4-1-5-21(13-18)62(53,54)55)45-32(42-29)40-20-7-9-25(63(56,57)58)23(14-20)47-48-26-24(61-60-59-52)12-17-11-19(6-8-22(17)27(26)50)39-33-43-30(36)44-34(46-33)49-10-2-3-16(15-49)28(37)51;;;;;/h1-15H,(H8-,37,38,39,40,41,42,43,44,45,46,50,51,52,53,54,55,56,57,58);1H4;1H;;;/q;;;3*+1/p-3. The first-order chi connectivity index (χ1) is 29.9. The van der Waals surface area contributed by atoms with Crippen molar-refractivity contribution in [2.24, 2.45) is 16.0 Å². The van der Waals surface area contributed by atoms with Crippen LogP contribution in [-0.4, -0.2) is 66.9 Å². The monoisotopic (exact) mass is 1070 g/mol. The van der Waals surface area contributed by atoms with E-state index in [9.17, 15) is 41.1 Å². The number of halogens is 3. The number of primary amides is 1. The van der Waals surface area contributed by atoms with Crippen LogP contribution in [-0.2, 0) is 29.6 Å². The van der Waals surface area contributed by atoms with Crippen LogP contribution in [0.1, 0.15) is 17.8 Å². The van der Waals surface area contributed by atoms with E-state index in [0.29, 0.717) is 23.1 Å². The van der Waals surface area contributed by atoms with E-state index >= 15 is 0 Å². The Labute approximate surface area is 472 Å². The quantitative estimate of drug-likeness (QED) is 0.0121. The van der Waals surface area contributed by atoms with Gasteiger partial charge < -0.3 is 53.6 Å². The van der Waals surface area contributed by atoms with Crippen molar-refractivity contribution in [1.82, 2.24) is 29.9 Å². The maximum atomic E-state index is 12.3. The summed E-state index contributed by atoms with van der Waals surface area (Å²) >= 11 is 12.6. The molecule has 4 aromatic carbocycles. The van der Waals surface area contributed by atoms with Crippen molar-refractivity contribution in [2.75, 3.05) is 16.0 Å². The van der Waals surface area contributed by atoms with Gasteiger partial charge in [0, 0.05) is 22.4 Å². The normalized spacial score (nSPS) is 11.0. The number of fused-ring (bicyclic) bond motifs is 1. The van der Waals surface area contributed by atoms with E-state index in [0.717, 1.165) is 24.3 Å². The van der Waals surface area contributed by atoms with Crippen molar-refractivity contribution in [3.05, 3.63) is 107 Å². The van der Waals surface area contributed by atoms with Gasteiger partial charge in [-0.25, -0.2) is 21.4 Å². The summed E-state index contributed by atoms with van der Waals surface area (Å²) in [5.41, 5.74) is 5.18. The van der Waals surface area contributed by atoms with Crippen molar-refractivity contribution >= 4 is 118 Å². The Morgan fingerprint density at radius 2 is 1.37 bits per heavy atom. The third kappa shape index (κ3) is 15.5. The Morgan fingerprint density at radius 3 is 1.99 bits per heavy atom. The third-order valence-corrected chi connectivity index (χ3v) is 10.8. The van der Waals surface area contributed by atoms with Gasteiger partial charge in [0.2, 0.25) is 17.2 Å². The first-order valence-corrected chi connectivity index (χ1v) is 21.2. The van der Waals surface area contributed by atoms with E-state index in [4.69, 9.17) is 28.9 Å². The van der Waals surface area contributed by atoms with Gasteiger partial charge in [-0.3, -0.25) is 9.83 Å². The second-order valence-electron chi connectivity index (χ2n) is 12.3. The second kappa shape index (κ2) is 26.1. The minimum Gasteiger partial charge on any atom is -1.00 e. The largest absolute Gasteiger partial charge is 1.00 e. The molecule has 338 valence electrons. The van der Waals surface area contributed by atoms with Crippen molar-refractivity contribution in [1.29, 1.82) is 0 Å². The predicted molar refractivity (Wildman–Crippen MR) is 223 cm³/mol. The number of carbonyl (C=O) groups is 1. The molecule has 0 aliphatic heterocycles. The van der Waals surface area contributed by atoms with Gasteiger partial charge in [0.25, 0.3) is 5.91 Å². The minimum atomic E-state index is -5.19. The molecule has 0 saturated heterocycles. The number of azo groups is 1. The van der Waals surface area contributed by atoms with E-state index in [-0.39, 0.29) is 176 Å². The fourth-order valence-electron chi connectivity index (χ4n) is 5.46. The van der Waals surface area contributed by atoms with Crippen LogP contribution < -0.4 is 133 Å². The summed E-state index contributed by atoms with van der Waals surface area (Å²) in [7, 11) is -9.97. The summed E-state index contributed by atoms with van der Waals surface area (Å²) in [6.45, 7) is 0. The number of hydrogen-bond acceptors (Lipinski definition) is 23. The van der Waals surface area contributed by atoms with Gasteiger partial charge in [-0.1, -0.05) is 13.5 Å². The molecule has 33 heteroatoms. The van der Waals surface area contributed by atoms with E-state index < -0.39 is 47.4 Å². The average molecular weight is 1080 g/mol. The number of phenolic OH excluding ortho intramolecular Hbond substituents is 1. The van der Waals surface area contributed by atoms with Gasteiger partial charge in [0.15, 0.2) is 5.75 Å². The second-order valence-corrected chi connectivity index (χ2v) is 16.4. The molecular formula is C35H25Cl3N13Na3O11S3. The van der Waals surface area contributed by atoms with Gasteiger partial charge in [-0.05, 0) is 111 Å². The Hall–Kier alpha value is -3.50. The number of nitrogens with two attached hydrogens (primary N) is 1. The number of hydrogen-bond donors (Lipinski definition) is 5.